The van der Waals surface area contributed by atoms with Crippen LogP contribution in [0.2, 0.25) is 12.1 Å². The number of rotatable bonds is 22. The molecule has 0 bridgehead atoms. The van der Waals surface area contributed by atoms with Gasteiger partial charge in [-0.15, -0.1) is 6.58 Å². The molecule has 0 N–H and O–H groups in total. The van der Waals surface area contributed by atoms with Crippen LogP contribution in [0, 0.1) is 0 Å². The first-order valence-corrected chi connectivity index (χ1v) is 17.5. The van der Waals surface area contributed by atoms with Gasteiger partial charge in [-0.3, -0.25) is 0 Å². The van der Waals surface area contributed by atoms with Gasteiger partial charge in [-0.1, -0.05) is 6.08 Å². The van der Waals surface area contributed by atoms with Crippen molar-refractivity contribution in [1.29, 1.82) is 0 Å². The van der Waals surface area contributed by atoms with E-state index >= 15 is 0 Å². The number of aromatic nitrogens is 3. The minimum atomic E-state index is -2.95. The van der Waals surface area contributed by atoms with Crippen LogP contribution in [-0.4, -0.2) is 71.0 Å². The molecule has 14 heteroatoms. The molecule has 0 aromatic carbocycles. The van der Waals surface area contributed by atoms with E-state index in [-0.39, 0.29) is 19.6 Å². The fourth-order valence-electron chi connectivity index (χ4n) is 4.26. The predicted molar refractivity (Wildman–Crippen MR) is 150 cm³/mol. The second kappa shape index (κ2) is 17.8. The third-order valence-electron chi connectivity index (χ3n) is 5.61. The lowest BCUT2D eigenvalue weighted by Crippen LogP contribution is -2.55. The summed E-state index contributed by atoms with van der Waals surface area (Å²) in [5.41, 5.74) is -2.00. The Labute approximate surface area is 227 Å². The largest absolute Gasteiger partial charge is 0.500 e. The van der Waals surface area contributed by atoms with Crippen molar-refractivity contribution in [2.75, 3.05) is 39.6 Å². The number of allylic oxidation sites excluding steroid dienone is 1. The maximum absolute atomic E-state index is 13.4. The van der Waals surface area contributed by atoms with Gasteiger partial charge in [0.25, 0.3) is 0 Å². The third-order valence-corrected chi connectivity index (χ3v) is 11.9. The van der Waals surface area contributed by atoms with Gasteiger partial charge in [0.05, 0.1) is 6.54 Å². The van der Waals surface area contributed by atoms with Gasteiger partial charge in [-0.2, -0.15) is 0 Å². The summed E-state index contributed by atoms with van der Waals surface area (Å²) in [7, 11) is -5.90. The smallest absolute Gasteiger partial charge is 0.374 e. The van der Waals surface area contributed by atoms with Crippen molar-refractivity contribution in [3.63, 3.8) is 0 Å². The minimum absolute atomic E-state index is 0.0109. The van der Waals surface area contributed by atoms with Crippen molar-refractivity contribution in [1.82, 2.24) is 13.7 Å². The van der Waals surface area contributed by atoms with Crippen LogP contribution in [0.15, 0.2) is 27.0 Å². The first-order valence-electron chi connectivity index (χ1n) is 13.6. The molecule has 0 radical (unpaired) electrons. The molecular formula is C24H47N3O9Si2. The highest BCUT2D eigenvalue weighted by atomic mass is 28.4. The predicted octanol–water partition coefficient (Wildman–Crippen LogP) is 2.23. The zero-order valence-electron chi connectivity index (χ0n) is 24.0. The highest BCUT2D eigenvalue weighted by Gasteiger charge is 2.40. The lowest BCUT2D eigenvalue weighted by Gasteiger charge is -2.28. The molecule has 220 valence electrons. The average molecular weight is 578 g/mol. The molecule has 12 nitrogen and oxygen atoms in total. The quantitative estimate of drug-likeness (QED) is 0.151. The Kier molecular flexibility index (Phi) is 16.1. The molecule has 1 heterocycles. The maximum atomic E-state index is 13.4. The van der Waals surface area contributed by atoms with E-state index in [1.165, 1.54) is 6.08 Å². The highest BCUT2D eigenvalue weighted by molar-refractivity contribution is 6.61. The minimum Gasteiger partial charge on any atom is -0.374 e. The lowest BCUT2D eigenvalue weighted by molar-refractivity contribution is 0.0698. The summed E-state index contributed by atoms with van der Waals surface area (Å²) in [5.74, 6) is 0. The van der Waals surface area contributed by atoms with Crippen molar-refractivity contribution < 1.29 is 26.6 Å². The molecule has 1 rings (SSSR count). The van der Waals surface area contributed by atoms with Gasteiger partial charge in [-0.05, 0) is 54.4 Å². The van der Waals surface area contributed by atoms with E-state index in [4.69, 9.17) is 26.6 Å². The van der Waals surface area contributed by atoms with E-state index in [2.05, 4.69) is 6.58 Å². The van der Waals surface area contributed by atoms with Crippen LogP contribution in [0.5, 0.6) is 0 Å². The zero-order chi connectivity index (χ0) is 28.6. The van der Waals surface area contributed by atoms with Crippen molar-refractivity contribution in [3.05, 3.63) is 44.1 Å². The molecule has 0 saturated heterocycles. The van der Waals surface area contributed by atoms with E-state index in [1.807, 2.05) is 41.5 Å². The molecule has 0 spiro atoms. The first kappa shape index (κ1) is 34.4. The average Bonchev–Trinajstić information content (AvgIpc) is 2.87. The molecule has 38 heavy (non-hydrogen) atoms. The molecular weight excluding hydrogens is 530 g/mol. The molecule has 0 aliphatic heterocycles. The van der Waals surface area contributed by atoms with E-state index in [1.54, 1.807) is 0 Å². The Bertz CT molecular complexity index is 905. The fraction of sp³-hybridized carbons (Fsp3) is 0.792. The molecule has 0 aliphatic carbocycles. The van der Waals surface area contributed by atoms with Crippen LogP contribution in [-0.2, 0) is 46.2 Å². The Morgan fingerprint density at radius 3 is 1.13 bits per heavy atom. The molecule has 1 aromatic rings. The van der Waals surface area contributed by atoms with Gasteiger partial charge in [0.1, 0.15) is 0 Å². The summed E-state index contributed by atoms with van der Waals surface area (Å²) in [4.78, 5) is 39.6. The van der Waals surface area contributed by atoms with Crippen LogP contribution in [0.4, 0.5) is 0 Å². The fourth-order valence-corrected chi connectivity index (χ4v) is 9.45. The SMILES string of the molecule is C=CCn1c(=O)n(CCC[Si](OCC)(OCC)OCC)c(=O)n(CCC[Si](OCC)(OCC)OCC)c1=O. The van der Waals surface area contributed by atoms with Gasteiger partial charge in [-0.25, -0.2) is 28.1 Å². The Morgan fingerprint density at radius 1 is 0.579 bits per heavy atom. The van der Waals surface area contributed by atoms with Crippen molar-refractivity contribution in [2.24, 2.45) is 0 Å². The van der Waals surface area contributed by atoms with Crippen molar-refractivity contribution >= 4 is 17.6 Å². The maximum Gasteiger partial charge on any atom is 0.500 e. The normalized spacial score (nSPS) is 12.3. The Balaban J connectivity index is 3.28. The van der Waals surface area contributed by atoms with E-state index in [9.17, 15) is 14.4 Å². The van der Waals surface area contributed by atoms with Crippen LogP contribution < -0.4 is 17.1 Å². The van der Waals surface area contributed by atoms with E-state index in [0.29, 0.717) is 64.6 Å². The Morgan fingerprint density at radius 2 is 0.868 bits per heavy atom. The second-order valence-corrected chi connectivity index (χ2v) is 13.7. The molecule has 0 atom stereocenters. The monoisotopic (exact) mass is 577 g/mol. The van der Waals surface area contributed by atoms with Crippen molar-refractivity contribution in [3.8, 4) is 0 Å². The van der Waals surface area contributed by atoms with Crippen LogP contribution in [0.25, 0.3) is 0 Å². The number of hydrogen-bond acceptors (Lipinski definition) is 9. The topological polar surface area (TPSA) is 121 Å². The highest BCUT2D eigenvalue weighted by Crippen LogP contribution is 2.19. The number of hydrogen-bond donors (Lipinski definition) is 0. The number of nitrogens with zero attached hydrogens (tertiary/aromatic N) is 3. The van der Waals surface area contributed by atoms with Gasteiger partial charge >= 0.3 is 34.7 Å². The summed E-state index contributed by atoms with van der Waals surface area (Å²) < 4.78 is 38.5. The van der Waals surface area contributed by atoms with Gasteiger partial charge in [0.15, 0.2) is 0 Å². The van der Waals surface area contributed by atoms with Gasteiger partial charge in [0, 0.05) is 64.8 Å². The third kappa shape index (κ3) is 9.52. The van der Waals surface area contributed by atoms with Crippen LogP contribution in [0.1, 0.15) is 54.4 Å². The Hall–Kier alpha value is -1.66. The molecule has 1 aromatic heterocycles. The molecule has 0 aliphatic rings. The zero-order valence-corrected chi connectivity index (χ0v) is 26.0. The van der Waals surface area contributed by atoms with Gasteiger partial charge < -0.3 is 26.6 Å². The molecule has 0 fully saturated rings. The standard InChI is InChI=1S/C24H47N3O9Si2/c1-8-17-25-22(28)26(18-15-20-37(31-9-2,32-10-3)33-11-4)24(30)27(23(25)29)19-16-21-38(34-12-5,35-13-6)36-14-7/h8H,1,9-21H2,2-7H3. The second-order valence-electron chi connectivity index (χ2n) is 8.22. The summed E-state index contributed by atoms with van der Waals surface area (Å²) in [6.07, 6.45) is 2.27. The summed E-state index contributed by atoms with van der Waals surface area (Å²) in [6.45, 7) is 17.6. The summed E-state index contributed by atoms with van der Waals surface area (Å²) in [5, 5.41) is 0. The van der Waals surface area contributed by atoms with Crippen molar-refractivity contribution in [2.45, 2.75) is 86.1 Å². The van der Waals surface area contributed by atoms with E-state index < -0.39 is 34.7 Å². The first-order chi connectivity index (χ1) is 18.2. The molecule has 0 saturated carbocycles. The summed E-state index contributed by atoms with van der Waals surface area (Å²) >= 11 is 0. The molecule has 0 amide bonds. The van der Waals surface area contributed by atoms with E-state index in [0.717, 1.165) is 13.7 Å². The van der Waals surface area contributed by atoms with Crippen LogP contribution in [0.3, 0.4) is 0 Å². The van der Waals surface area contributed by atoms with Crippen LogP contribution >= 0.6 is 0 Å². The summed E-state index contributed by atoms with van der Waals surface area (Å²) in [6, 6.07) is 0.861. The van der Waals surface area contributed by atoms with Gasteiger partial charge in [0.2, 0.25) is 0 Å². The molecule has 0 unspecified atom stereocenters. The lowest BCUT2D eigenvalue weighted by atomic mass is 10.4.